The zero-order chi connectivity index (χ0) is 16.0. The number of carbonyl (C=O) groups is 1. The normalized spacial score (nSPS) is 24.0. The Kier molecular flexibility index (Phi) is 4.05. The van der Waals surface area contributed by atoms with Gasteiger partial charge < -0.3 is 9.47 Å². The fourth-order valence-electron chi connectivity index (χ4n) is 3.78. The van der Waals surface area contributed by atoms with Crippen LogP contribution < -0.4 is 0 Å². The second-order valence-electron chi connectivity index (χ2n) is 6.60. The van der Waals surface area contributed by atoms with Crippen LogP contribution >= 0.6 is 27.3 Å². The van der Waals surface area contributed by atoms with Crippen molar-refractivity contribution in [1.82, 2.24) is 14.5 Å². The predicted molar refractivity (Wildman–Crippen MR) is 94.7 cm³/mol. The molecule has 0 radical (unpaired) electrons. The topological polar surface area (TPSA) is 38.1 Å². The highest BCUT2D eigenvalue weighted by Crippen LogP contribution is 2.32. The fourth-order valence-corrected chi connectivity index (χ4v) is 5.05. The Labute approximate surface area is 148 Å². The van der Waals surface area contributed by atoms with Gasteiger partial charge in [-0.1, -0.05) is 0 Å². The molecule has 0 bridgehead atoms. The molecule has 0 aromatic carbocycles. The number of imidazole rings is 1. The lowest BCUT2D eigenvalue weighted by Gasteiger charge is -2.27. The molecule has 4 rings (SSSR count). The van der Waals surface area contributed by atoms with Crippen LogP contribution in [0.1, 0.15) is 35.0 Å². The Hall–Kier alpha value is -1.14. The predicted octanol–water partition coefficient (Wildman–Crippen LogP) is 3.59. The van der Waals surface area contributed by atoms with Crippen LogP contribution in [0.4, 0.5) is 0 Å². The van der Waals surface area contributed by atoms with Gasteiger partial charge in [0.05, 0.1) is 6.20 Å². The summed E-state index contributed by atoms with van der Waals surface area (Å²) in [5.41, 5.74) is 1.41. The van der Waals surface area contributed by atoms with Gasteiger partial charge in [-0.05, 0) is 52.7 Å². The Bertz CT molecular complexity index is 738. The summed E-state index contributed by atoms with van der Waals surface area (Å²) < 4.78 is 3.19. The fraction of sp³-hybridized carbons (Fsp3) is 0.529. The molecule has 0 saturated carbocycles. The summed E-state index contributed by atoms with van der Waals surface area (Å²) in [6.07, 6.45) is 4.62. The highest BCUT2D eigenvalue weighted by Gasteiger charge is 2.34. The first-order valence-corrected chi connectivity index (χ1v) is 9.83. The number of halogens is 1. The third-order valence-electron chi connectivity index (χ3n) is 5.09. The van der Waals surface area contributed by atoms with Crippen molar-refractivity contribution >= 4 is 33.2 Å². The third-order valence-corrected chi connectivity index (χ3v) is 6.60. The summed E-state index contributed by atoms with van der Waals surface area (Å²) >= 11 is 5.32. The molecule has 2 atom stereocenters. The van der Waals surface area contributed by atoms with Gasteiger partial charge in [-0.3, -0.25) is 4.79 Å². The zero-order valence-electron chi connectivity index (χ0n) is 13.2. The summed E-state index contributed by atoms with van der Waals surface area (Å²) in [5.74, 6) is 1.97. The van der Waals surface area contributed by atoms with Crippen molar-refractivity contribution in [2.45, 2.75) is 38.6 Å². The van der Waals surface area contributed by atoms with Gasteiger partial charge in [0.25, 0.3) is 0 Å². The molecule has 2 unspecified atom stereocenters. The van der Waals surface area contributed by atoms with E-state index in [0.717, 1.165) is 49.3 Å². The van der Waals surface area contributed by atoms with Gasteiger partial charge in [0.1, 0.15) is 10.4 Å². The van der Waals surface area contributed by atoms with E-state index in [1.165, 1.54) is 10.4 Å². The van der Waals surface area contributed by atoms with Crippen molar-refractivity contribution in [2.24, 2.45) is 5.92 Å². The number of hydrogen-bond acceptors (Lipinski definition) is 3. The Morgan fingerprint density at radius 2 is 2.26 bits per heavy atom. The van der Waals surface area contributed by atoms with Gasteiger partial charge in [-0.2, -0.15) is 0 Å². The minimum absolute atomic E-state index is 0.0970. The number of rotatable bonds is 2. The van der Waals surface area contributed by atoms with Gasteiger partial charge in [0, 0.05) is 42.8 Å². The average Bonchev–Trinajstić information content (AvgIpc) is 3.26. The van der Waals surface area contributed by atoms with Crippen LogP contribution in [0.3, 0.4) is 0 Å². The van der Waals surface area contributed by atoms with Gasteiger partial charge in [-0.25, -0.2) is 4.98 Å². The molecular formula is C17H20BrN3OS. The number of carbonyl (C=O) groups excluding carboxylic acids is 1. The van der Waals surface area contributed by atoms with E-state index in [-0.39, 0.29) is 5.92 Å². The molecule has 23 heavy (non-hydrogen) atoms. The molecule has 1 saturated heterocycles. The lowest BCUT2D eigenvalue weighted by atomic mass is 9.96. The van der Waals surface area contributed by atoms with Gasteiger partial charge >= 0.3 is 0 Å². The van der Waals surface area contributed by atoms with E-state index >= 15 is 0 Å². The number of aryl methyl sites for hydroxylation is 1. The maximum Gasteiger partial charge on any atom is 0.226 e. The van der Waals surface area contributed by atoms with Crippen LogP contribution in [-0.2, 0) is 17.8 Å². The molecule has 1 amide bonds. The molecule has 122 valence electrons. The van der Waals surface area contributed by atoms with Crippen molar-refractivity contribution < 1.29 is 4.79 Å². The highest BCUT2D eigenvalue weighted by atomic mass is 79.9. The molecule has 1 fully saturated rings. The SMILES string of the molecule is Cc1cc(C2CCN(C(=O)C3CCn4c(Br)cnc4C3)C2)cs1. The number of aromatic nitrogens is 2. The van der Waals surface area contributed by atoms with E-state index in [2.05, 4.69) is 48.8 Å². The van der Waals surface area contributed by atoms with Crippen molar-refractivity contribution in [1.29, 1.82) is 0 Å². The first kappa shape index (κ1) is 15.4. The van der Waals surface area contributed by atoms with Crippen molar-refractivity contribution in [3.05, 3.63) is 38.5 Å². The van der Waals surface area contributed by atoms with Gasteiger partial charge in [0.2, 0.25) is 5.91 Å². The van der Waals surface area contributed by atoms with E-state index in [1.807, 2.05) is 6.20 Å². The Balaban J connectivity index is 1.42. The number of likely N-dealkylation sites (tertiary alicyclic amines) is 1. The molecule has 2 aliphatic rings. The lowest BCUT2D eigenvalue weighted by molar-refractivity contribution is -0.135. The molecule has 2 aliphatic heterocycles. The van der Waals surface area contributed by atoms with Crippen LogP contribution in [0.25, 0.3) is 0 Å². The van der Waals surface area contributed by atoms with Crippen LogP contribution in [0.5, 0.6) is 0 Å². The Morgan fingerprint density at radius 3 is 3.04 bits per heavy atom. The van der Waals surface area contributed by atoms with Gasteiger partial charge in [-0.15, -0.1) is 11.3 Å². The first-order chi connectivity index (χ1) is 11.1. The minimum atomic E-state index is 0.0970. The number of hydrogen-bond donors (Lipinski definition) is 0. The summed E-state index contributed by atoms with van der Waals surface area (Å²) in [6, 6.07) is 2.28. The van der Waals surface area contributed by atoms with Crippen LogP contribution in [0.2, 0.25) is 0 Å². The van der Waals surface area contributed by atoms with E-state index < -0.39 is 0 Å². The van der Waals surface area contributed by atoms with Crippen LogP contribution in [0, 0.1) is 12.8 Å². The average molecular weight is 394 g/mol. The molecule has 0 aliphatic carbocycles. The van der Waals surface area contributed by atoms with Crippen molar-refractivity contribution in [3.63, 3.8) is 0 Å². The molecule has 4 heterocycles. The van der Waals surface area contributed by atoms with E-state index in [9.17, 15) is 4.79 Å². The summed E-state index contributed by atoms with van der Waals surface area (Å²) in [5, 5.41) is 2.25. The van der Waals surface area contributed by atoms with Gasteiger partial charge in [0.15, 0.2) is 0 Å². The molecule has 6 heteroatoms. The van der Waals surface area contributed by atoms with Crippen molar-refractivity contribution in [3.8, 4) is 0 Å². The minimum Gasteiger partial charge on any atom is -0.342 e. The summed E-state index contributed by atoms with van der Waals surface area (Å²) in [4.78, 5) is 20.7. The summed E-state index contributed by atoms with van der Waals surface area (Å²) in [6.45, 7) is 4.80. The standard InChI is InChI=1S/C17H20BrN3OS/c1-11-6-14(10-23-11)13-2-4-20(9-13)17(22)12-3-5-21-15(18)8-19-16(21)7-12/h6,8,10,12-13H,2-5,7,9H2,1H3. The molecule has 0 N–H and O–H groups in total. The van der Waals surface area contributed by atoms with Crippen LogP contribution in [-0.4, -0.2) is 33.4 Å². The number of thiophene rings is 1. The van der Waals surface area contributed by atoms with E-state index in [1.54, 1.807) is 11.3 Å². The Morgan fingerprint density at radius 1 is 1.39 bits per heavy atom. The maximum absolute atomic E-state index is 12.9. The second kappa shape index (κ2) is 6.06. The van der Waals surface area contributed by atoms with E-state index in [4.69, 9.17) is 0 Å². The quantitative estimate of drug-likeness (QED) is 0.781. The molecule has 0 spiro atoms. The largest absolute Gasteiger partial charge is 0.342 e. The molecule has 2 aromatic heterocycles. The number of amides is 1. The number of fused-ring (bicyclic) bond motifs is 1. The highest BCUT2D eigenvalue weighted by molar-refractivity contribution is 9.10. The zero-order valence-corrected chi connectivity index (χ0v) is 15.6. The van der Waals surface area contributed by atoms with Crippen molar-refractivity contribution in [2.75, 3.05) is 13.1 Å². The van der Waals surface area contributed by atoms with E-state index in [0.29, 0.717) is 11.8 Å². The summed E-state index contributed by atoms with van der Waals surface area (Å²) in [7, 11) is 0. The van der Waals surface area contributed by atoms with Crippen LogP contribution in [0.15, 0.2) is 22.2 Å². The monoisotopic (exact) mass is 393 g/mol. The maximum atomic E-state index is 12.9. The smallest absolute Gasteiger partial charge is 0.226 e. The lowest BCUT2D eigenvalue weighted by Crippen LogP contribution is -2.38. The second-order valence-corrected chi connectivity index (χ2v) is 8.53. The first-order valence-electron chi connectivity index (χ1n) is 8.15. The third kappa shape index (κ3) is 2.87. The molecular weight excluding hydrogens is 374 g/mol. The molecule has 4 nitrogen and oxygen atoms in total. The number of nitrogens with zero attached hydrogens (tertiary/aromatic N) is 3. The molecule has 2 aromatic rings.